The van der Waals surface area contributed by atoms with Crippen molar-refractivity contribution >= 4 is 10.9 Å². The Hall–Kier alpha value is -4.70. The van der Waals surface area contributed by atoms with Crippen LogP contribution in [-0.4, -0.2) is 58.0 Å². The van der Waals surface area contributed by atoms with E-state index in [9.17, 15) is 4.79 Å². The summed E-state index contributed by atoms with van der Waals surface area (Å²) in [5.74, 6) is 2.45. The standard InChI is InChI=1S/C30H32N6O4/c1-5-35(18-20-9-7-6-8-10-20)28(29-32-33-34-36(29)19-21-11-13-23(38-2)14-12-21)24-15-22-16-26(39-3)27(40-4)17-25(22)31-30(24)37/h6-17,28H,5,18-19H2,1-4H3,(H,31,37)/t28-/m1/s1. The smallest absolute Gasteiger partial charge is 0.253 e. The number of aromatic nitrogens is 5. The van der Waals surface area contributed by atoms with Crippen molar-refractivity contribution in [2.24, 2.45) is 0 Å². The largest absolute Gasteiger partial charge is 0.497 e. The summed E-state index contributed by atoms with van der Waals surface area (Å²) in [6, 6.07) is 22.9. The first-order valence-electron chi connectivity index (χ1n) is 13.0. The van der Waals surface area contributed by atoms with Crippen molar-refractivity contribution in [1.82, 2.24) is 30.1 Å². The van der Waals surface area contributed by atoms with E-state index in [0.29, 0.717) is 48.0 Å². The molecule has 0 spiro atoms. The van der Waals surface area contributed by atoms with E-state index in [2.05, 4.69) is 44.5 Å². The van der Waals surface area contributed by atoms with Crippen molar-refractivity contribution < 1.29 is 14.2 Å². The number of pyridine rings is 1. The maximum Gasteiger partial charge on any atom is 0.253 e. The van der Waals surface area contributed by atoms with Gasteiger partial charge in [0, 0.05) is 23.6 Å². The molecule has 0 amide bonds. The van der Waals surface area contributed by atoms with Crippen LogP contribution in [0.15, 0.2) is 77.6 Å². The second kappa shape index (κ2) is 12.0. The van der Waals surface area contributed by atoms with Gasteiger partial charge in [0.05, 0.1) is 33.4 Å². The molecule has 0 unspecified atom stereocenters. The summed E-state index contributed by atoms with van der Waals surface area (Å²) in [5, 5.41) is 13.6. The molecule has 0 aliphatic heterocycles. The number of tetrazole rings is 1. The predicted octanol–water partition coefficient (Wildman–Crippen LogP) is 4.20. The van der Waals surface area contributed by atoms with Crippen LogP contribution in [0, 0.1) is 0 Å². The van der Waals surface area contributed by atoms with Crippen LogP contribution in [0.3, 0.4) is 0 Å². The Morgan fingerprint density at radius 2 is 1.62 bits per heavy atom. The highest BCUT2D eigenvalue weighted by atomic mass is 16.5. The lowest BCUT2D eigenvalue weighted by Crippen LogP contribution is -2.35. The molecule has 206 valence electrons. The molecule has 40 heavy (non-hydrogen) atoms. The Morgan fingerprint density at radius 3 is 2.30 bits per heavy atom. The van der Waals surface area contributed by atoms with Crippen LogP contribution < -0.4 is 19.8 Å². The van der Waals surface area contributed by atoms with Crippen LogP contribution in [0.25, 0.3) is 10.9 Å². The lowest BCUT2D eigenvalue weighted by Gasteiger charge is -2.30. The van der Waals surface area contributed by atoms with Gasteiger partial charge in [-0.2, -0.15) is 0 Å². The molecule has 1 N–H and O–H groups in total. The van der Waals surface area contributed by atoms with Crippen LogP contribution >= 0.6 is 0 Å². The number of ether oxygens (including phenoxy) is 3. The van der Waals surface area contributed by atoms with Gasteiger partial charge in [-0.3, -0.25) is 9.69 Å². The number of fused-ring (bicyclic) bond motifs is 1. The van der Waals surface area contributed by atoms with Gasteiger partial charge in [0.2, 0.25) is 0 Å². The number of methoxy groups -OCH3 is 3. The number of nitrogens with zero attached hydrogens (tertiary/aromatic N) is 5. The summed E-state index contributed by atoms with van der Waals surface area (Å²) in [5.41, 5.74) is 3.07. The number of nitrogens with one attached hydrogen (secondary N) is 1. The number of aromatic amines is 1. The van der Waals surface area contributed by atoms with Crippen molar-refractivity contribution in [2.45, 2.75) is 26.1 Å². The highest BCUT2D eigenvalue weighted by Crippen LogP contribution is 2.33. The third kappa shape index (κ3) is 5.52. The van der Waals surface area contributed by atoms with Gasteiger partial charge in [-0.1, -0.05) is 49.4 Å². The lowest BCUT2D eigenvalue weighted by molar-refractivity contribution is 0.214. The van der Waals surface area contributed by atoms with Crippen LogP contribution in [0.2, 0.25) is 0 Å². The Balaban J connectivity index is 1.64. The summed E-state index contributed by atoms with van der Waals surface area (Å²) >= 11 is 0. The van der Waals surface area contributed by atoms with E-state index in [1.165, 1.54) is 0 Å². The minimum atomic E-state index is -0.528. The first-order chi connectivity index (χ1) is 19.5. The minimum Gasteiger partial charge on any atom is -0.497 e. The Morgan fingerprint density at radius 1 is 0.900 bits per heavy atom. The molecule has 0 saturated carbocycles. The van der Waals surface area contributed by atoms with E-state index in [0.717, 1.165) is 22.3 Å². The molecule has 10 nitrogen and oxygen atoms in total. The molecule has 0 radical (unpaired) electrons. The molecule has 2 heterocycles. The molecule has 5 rings (SSSR count). The molecule has 5 aromatic rings. The lowest BCUT2D eigenvalue weighted by atomic mass is 10.0. The molecule has 3 aromatic carbocycles. The number of H-pyrrole nitrogens is 1. The van der Waals surface area contributed by atoms with Crippen LogP contribution in [0.5, 0.6) is 17.2 Å². The summed E-state index contributed by atoms with van der Waals surface area (Å²) in [6.07, 6.45) is 0. The Kier molecular flexibility index (Phi) is 8.07. The zero-order chi connectivity index (χ0) is 28.1. The van der Waals surface area contributed by atoms with Gasteiger partial charge in [-0.25, -0.2) is 4.68 Å². The predicted molar refractivity (Wildman–Crippen MR) is 152 cm³/mol. The second-order valence-electron chi connectivity index (χ2n) is 9.34. The number of hydrogen-bond donors (Lipinski definition) is 1. The molecular weight excluding hydrogens is 508 g/mol. The maximum atomic E-state index is 13.7. The SMILES string of the molecule is CCN(Cc1ccccc1)[C@H](c1cc2cc(OC)c(OC)cc2[nH]c1=O)c1nnnn1Cc1ccc(OC)cc1. The van der Waals surface area contributed by atoms with Crippen LogP contribution in [0.4, 0.5) is 0 Å². The van der Waals surface area contributed by atoms with E-state index in [1.54, 1.807) is 32.1 Å². The molecule has 0 saturated heterocycles. The fourth-order valence-corrected chi connectivity index (χ4v) is 4.88. The Bertz CT molecular complexity index is 1630. The monoisotopic (exact) mass is 540 g/mol. The fraction of sp³-hybridized carbons (Fsp3) is 0.267. The molecule has 0 fully saturated rings. The molecule has 0 bridgehead atoms. The molecule has 10 heteroatoms. The van der Waals surface area contributed by atoms with E-state index < -0.39 is 6.04 Å². The minimum absolute atomic E-state index is 0.227. The molecular formula is C30H32N6O4. The topological polar surface area (TPSA) is 107 Å². The normalized spacial score (nSPS) is 12.0. The molecule has 0 aliphatic carbocycles. The Labute approximate surface area is 232 Å². The van der Waals surface area contributed by atoms with E-state index >= 15 is 0 Å². The third-order valence-corrected chi connectivity index (χ3v) is 6.97. The van der Waals surface area contributed by atoms with Gasteiger partial charge >= 0.3 is 0 Å². The van der Waals surface area contributed by atoms with E-state index in [1.807, 2.05) is 54.6 Å². The van der Waals surface area contributed by atoms with Gasteiger partial charge in [0.1, 0.15) is 11.8 Å². The number of hydrogen-bond acceptors (Lipinski definition) is 8. The summed E-state index contributed by atoms with van der Waals surface area (Å²) in [4.78, 5) is 18.9. The van der Waals surface area contributed by atoms with E-state index in [-0.39, 0.29) is 5.56 Å². The van der Waals surface area contributed by atoms with Crippen molar-refractivity contribution in [3.8, 4) is 17.2 Å². The van der Waals surface area contributed by atoms with Gasteiger partial charge in [-0.15, -0.1) is 5.10 Å². The quantitative estimate of drug-likeness (QED) is 0.266. The average Bonchev–Trinajstić information content (AvgIpc) is 3.44. The zero-order valence-corrected chi connectivity index (χ0v) is 23.0. The average molecular weight is 541 g/mol. The van der Waals surface area contributed by atoms with Gasteiger partial charge in [0.25, 0.3) is 5.56 Å². The van der Waals surface area contributed by atoms with Crippen molar-refractivity contribution in [3.63, 3.8) is 0 Å². The van der Waals surface area contributed by atoms with Crippen molar-refractivity contribution in [2.75, 3.05) is 27.9 Å². The summed E-state index contributed by atoms with van der Waals surface area (Å²) in [6.45, 7) is 3.75. The van der Waals surface area contributed by atoms with Gasteiger partial charge in [-0.05, 0) is 52.4 Å². The maximum absolute atomic E-state index is 13.7. The van der Waals surface area contributed by atoms with Crippen LogP contribution in [-0.2, 0) is 13.1 Å². The molecule has 2 aromatic heterocycles. The number of benzene rings is 3. The van der Waals surface area contributed by atoms with E-state index in [4.69, 9.17) is 14.2 Å². The molecule has 1 atom stereocenters. The first-order valence-corrected chi connectivity index (χ1v) is 13.0. The highest BCUT2D eigenvalue weighted by Gasteiger charge is 2.30. The second-order valence-corrected chi connectivity index (χ2v) is 9.34. The summed E-state index contributed by atoms with van der Waals surface area (Å²) < 4.78 is 18.0. The van der Waals surface area contributed by atoms with Crippen molar-refractivity contribution in [1.29, 1.82) is 0 Å². The first kappa shape index (κ1) is 26.9. The number of rotatable bonds is 11. The van der Waals surface area contributed by atoms with Gasteiger partial charge in [0.15, 0.2) is 17.3 Å². The fourth-order valence-electron chi connectivity index (χ4n) is 4.88. The highest BCUT2D eigenvalue weighted by molar-refractivity contribution is 5.83. The third-order valence-electron chi connectivity index (χ3n) is 6.97. The van der Waals surface area contributed by atoms with Crippen LogP contribution in [0.1, 0.15) is 35.5 Å². The summed E-state index contributed by atoms with van der Waals surface area (Å²) in [7, 11) is 4.79. The van der Waals surface area contributed by atoms with Crippen molar-refractivity contribution in [3.05, 3.63) is 106 Å². The molecule has 0 aliphatic rings. The zero-order valence-electron chi connectivity index (χ0n) is 23.0. The van der Waals surface area contributed by atoms with Gasteiger partial charge < -0.3 is 19.2 Å².